The first kappa shape index (κ1) is 19.4. The summed E-state index contributed by atoms with van der Waals surface area (Å²) in [4.78, 5) is 33.5. The van der Waals surface area contributed by atoms with Crippen molar-refractivity contribution in [3.8, 4) is 11.5 Å². The fourth-order valence-corrected chi connectivity index (χ4v) is 3.42. The van der Waals surface area contributed by atoms with E-state index in [0.717, 1.165) is 6.42 Å². The maximum absolute atomic E-state index is 12.2. The number of esters is 1. The molecule has 152 valence electrons. The van der Waals surface area contributed by atoms with Crippen LogP contribution in [0.1, 0.15) is 34.1 Å². The van der Waals surface area contributed by atoms with Crippen molar-refractivity contribution in [2.24, 2.45) is 5.73 Å². The number of methoxy groups -OCH3 is 1. The molecule has 3 aromatic carbocycles. The van der Waals surface area contributed by atoms with Gasteiger partial charge in [-0.15, -0.1) is 0 Å². The van der Waals surface area contributed by atoms with E-state index in [2.05, 4.69) is 9.97 Å². The van der Waals surface area contributed by atoms with Gasteiger partial charge < -0.3 is 20.3 Å². The zero-order valence-electron chi connectivity index (χ0n) is 16.4. The van der Waals surface area contributed by atoms with Gasteiger partial charge in [0.2, 0.25) is 0 Å². The van der Waals surface area contributed by atoms with Crippen molar-refractivity contribution < 1.29 is 24.2 Å². The number of nitrogens with zero attached hydrogens (tertiary/aromatic N) is 2. The van der Waals surface area contributed by atoms with Crippen LogP contribution in [0.3, 0.4) is 0 Å². The van der Waals surface area contributed by atoms with Crippen LogP contribution in [0.4, 0.5) is 0 Å². The predicted molar refractivity (Wildman–Crippen MR) is 112 cm³/mol. The van der Waals surface area contributed by atoms with E-state index in [0.29, 0.717) is 39.7 Å². The standard InChI is InChI=1S/C22H19N3O5/c1-3-8-30-16-10-15-14(9-13(16)22(28)29-2)25-19-17(21(23)27)20(26)12-7-5-4-6-11(12)18(19)24-15/h4-7,9-10,26H,3,8H2,1-2H3,(H2,23,27). The maximum atomic E-state index is 12.2. The number of carbonyl (C=O) groups is 2. The highest BCUT2D eigenvalue weighted by atomic mass is 16.5. The zero-order valence-corrected chi connectivity index (χ0v) is 16.4. The molecule has 1 amide bonds. The largest absolute Gasteiger partial charge is 0.506 e. The van der Waals surface area contributed by atoms with Crippen molar-refractivity contribution in [2.45, 2.75) is 13.3 Å². The number of rotatable bonds is 5. The first-order chi connectivity index (χ1) is 14.5. The van der Waals surface area contributed by atoms with Gasteiger partial charge in [0, 0.05) is 16.8 Å². The topological polar surface area (TPSA) is 125 Å². The lowest BCUT2D eigenvalue weighted by Gasteiger charge is -2.13. The van der Waals surface area contributed by atoms with Crippen molar-refractivity contribution in [2.75, 3.05) is 13.7 Å². The van der Waals surface area contributed by atoms with Crippen LogP contribution in [0, 0.1) is 0 Å². The smallest absolute Gasteiger partial charge is 0.341 e. The third kappa shape index (κ3) is 3.02. The van der Waals surface area contributed by atoms with Gasteiger partial charge >= 0.3 is 5.97 Å². The molecule has 1 aromatic heterocycles. The minimum absolute atomic E-state index is 0.121. The van der Waals surface area contributed by atoms with E-state index in [1.165, 1.54) is 13.2 Å². The second kappa shape index (κ2) is 7.47. The molecule has 0 radical (unpaired) electrons. The lowest BCUT2D eigenvalue weighted by atomic mass is 10.0. The Balaban J connectivity index is 2.13. The molecule has 3 N–H and O–H groups in total. The third-order valence-electron chi connectivity index (χ3n) is 4.79. The van der Waals surface area contributed by atoms with E-state index < -0.39 is 11.9 Å². The summed E-state index contributed by atoms with van der Waals surface area (Å²) in [6, 6.07) is 10.1. The quantitative estimate of drug-likeness (QED) is 0.296. The van der Waals surface area contributed by atoms with Crippen LogP contribution in [0.5, 0.6) is 11.5 Å². The number of carbonyl (C=O) groups excluding carboxylic acids is 2. The highest BCUT2D eigenvalue weighted by Gasteiger charge is 2.22. The average Bonchev–Trinajstić information content (AvgIpc) is 2.75. The van der Waals surface area contributed by atoms with Gasteiger partial charge in [0.15, 0.2) is 0 Å². The number of aromatic hydroxyl groups is 1. The summed E-state index contributed by atoms with van der Waals surface area (Å²) in [7, 11) is 1.28. The number of phenols is 1. The van der Waals surface area contributed by atoms with Gasteiger partial charge in [0.1, 0.15) is 28.1 Å². The van der Waals surface area contributed by atoms with Crippen molar-refractivity contribution >= 4 is 44.7 Å². The number of ether oxygens (including phenoxy) is 2. The molecule has 8 heteroatoms. The Morgan fingerprint density at radius 2 is 1.73 bits per heavy atom. The Morgan fingerprint density at radius 3 is 2.40 bits per heavy atom. The van der Waals surface area contributed by atoms with Gasteiger partial charge in [-0.25, -0.2) is 14.8 Å². The second-order valence-electron chi connectivity index (χ2n) is 6.73. The van der Waals surface area contributed by atoms with E-state index in [4.69, 9.17) is 15.2 Å². The van der Waals surface area contributed by atoms with Gasteiger partial charge in [-0.2, -0.15) is 0 Å². The molecule has 4 aromatic rings. The van der Waals surface area contributed by atoms with E-state index in [1.807, 2.05) is 6.92 Å². The molecule has 0 unspecified atom stereocenters. The molecule has 0 atom stereocenters. The Labute approximate surface area is 171 Å². The number of hydrogen-bond acceptors (Lipinski definition) is 7. The van der Waals surface area contributed by atoms with Crippen molar-refractivity contribution in [3.05, 3.63) is 47.5 Å². The van der Waals surface area contributed by atoms with E-state index in [9.17, 15) is 14.7 Å². The Hall–Kier alpha value is -3.94. The fraction of sp³-hybridized carbons (Fsp3) is 0.182. The van der Waals surface area contributed by atoms with Crippen molar-refractivity contribution in [1.82, 2.24) is 9.97 Å². The van der Waals surface area contributed by atoms with E-state index in [-0.39, 0.29) is 22.4 Å². The van der Waals surface area contributed by atoms with Gasteiger partial charge in [0.05, 0.1) is 30.3 Å². The summed E-state index contributed by atoms with van der Waals surface area (Å²) in [5.74, 6) is -1.33. The number of benzene rings is 3. The minimum Gasteiger partial charge on any atom is -0.506 e. The number of primary amides is 1. The third-order valence-corrected chi connectivity index (χ3v) is 4.79. The SMILES string of the molecule is CCCOc1cc2nc3c(nc2cc1C(=O)OC)c(C(N)=O)c(O)c1ccccc13. The van der Waals surface area contributed by atoms with E-state index in [1.54, 1.807) is 30.3 Å². The summed E-state index contributed by atoms with van der Waals surface area (Å²) in [5.41, 5.74) is 6.98. The minimum atomic E-state index is -0.826. The van der Waals surface area contributed by atoms with Gasteiger partial charge in [-0.05, 0) is 12.5 Å². The summed E-state index contributed by atoms with van der Waals surface area (Å²) in [6.45, 7) is 2.37. The molecule has 30 heavy (non-hydrogen) atoms. The van der Waals surface area contributed by atoms with Gasteiger partial charge in [-0.3, -0.25) is 4.79 Å². The van der Waals surface area contributed by atoms with Crippen LogP contribution in [-0.2, 0) is 4.74 Å². The molecule has 8 nitrogen and oxygen atoms in total. The summed E-state index contributed by atoms with van der Waals surface area (Å²) >= 11 is 0. The van der Waals surface area contributed by atoms with Crippen molar-refractivity contribution in [3.63, 3.8) is 0 Å². The molecule has 0 aliphatic rings. The lowest BCUT2D eigenvalue weighted by Crippen LogP contribution is -2.13. The molecule has 1 heterocycles. The Bertz CT molecular complexity index is 1330. The molecule has 0 aliphatic heterocycles. The predicted octanol–water partition coefficient (Wildman–Crippen LogP) is 3.32. The Morgan fingerprint density at radius 1 is 1.07 bits per heavy atom. The highest BCUT2D eigenvalue weighted by molar-refractivity contribution is 6.19. The van der Waals surface area contributed by atoms with Crippen LogP contribution in [0.2, 0.25) is 0 Å². The van der Waals surface area contributed by atoms with Crippen LogP contribution in [-0.4, -0.2) is 40.7 Å². The summed E-state index contributed by atoms with van der Waals surface area (Å²) in [6.07, 6.45) is 0.758. The summed E-state index contributed by atoms with van der Waals surface area (Å²) in [5, 5.41) is 11.7. The molecule has 0 aliphatic carbocycles. The monoisotopic (exact) mass is 405 g/mol. The summed E-state index contributed by atoms with van der Waals surface area (Å²) < 4.78 is 10.6. The van der Waals surface area contributed by atoms with E-state index >= 15 is 0 Å². The van der Waals surface area contributed by atoms with Crippen LogP contribution in [0.15, 0.2) is 36.4 Å². The van der Waals surface area contributed by atoms with Gasteiger partial charge in [-0.1, -0.05) is 31.2 Å². The van der Waals surface area contributed by atoms with Crippen LogP contribution >= 0.6 is 0 Å². The number of nitrogens with two attached hydrogens (primary N) is 1. The van der Waals surface area contributed by atoms with Crippen LogP contribution < -0.4 is 10.5 Å². The van der Waals surface area contributed by atoms with Crippen LogP contribution in [0.25, 0.3) is 32.8 Å². The fourth-order valence-electron chi connectivity index (χ4n) is 3.42. The molecule has 0 fully saturated rings. The highest BCUT2D eigenvalue weighted by Crippen LogP contribution is 2.37. The molecule has 0 saturated heterocycles. The Kier molecular flexibility index (Phi) is 4.83. The number of hydrogen-bond donors (Lipinski definition) is 2. The first-order valence-electron chi connectivity index (χ1n) is 9.36. The molecule has 0 spiro atoms. The lowest BCUT2D eigenvalue weighted by molar-refractivity contribution is 0.0596. The zero-order chi connectivity index (χ0) is 21.4. The molecular formula is C22H19N3O5. The number of amides is 1. The number of fused-ring (bicyclic) bond motifs is 4. The second-order valence-corrected chi connectivity index (χ2v) is 6.73. The van der Waals surface area contributed by atoms with Gasteiger partial charge in [0.25, 0.3) is 5.91 Å². The average molecular weight is 405 g/mol. The van der Waals surface area contributed by atoms with Crippen molar-refractivity contribution in [1.29, 1.82) is 0 Å². The normalized spacial score (nSPS) is 11.1. The molecule has 4 rings (SSSR count). The molecule has 0 saturated carbocycles. The number of aromatic nitrogens is 2. The molecular weight excluding hydrogens is 386 g/mol. The first-order valence-corrected chi connectivity index (χ1v) is 9.36. The maximum Gasteiger partial charge on any atom is 0.341 e. The molecule has 0 bridgehead atoms.